The number of nitrogens with one attached hydrogen (secondary N) is 1. The van der Waals surface area contributed by atoms with Gasteiger partial charge in [0.1, 0.15) is 5.75 Å². The standard InChI is InChI=1S/C13H16N2O4S/c16-12-3-1-10(2-4-12)8-14-15-13(17)7-11-5-6-20(18,19)9-11/h1-4,8,11,16H,5-7,9H2,(H,15,17)/b14-8+/t11-/m1/s1. The van der Waals surface area contributed by atoms with Gasteiger partial charge in [-0.15, -0.1) is 0 Å². The largest absolute Gasteiger partial charge is 0.508 e. The minimum Gasteiger partial charge on any atom is -0.508 e. The number of carbonyl (C=O) groups is 1. The SMILES string of the molecule is O=C(C[C@H]1CCS(=O)(=O)C1)N/N=C/c1ccc(O)cc1. The summed E-state index contributed by atoms with van der Waals surface area (Å²) in [5.41, 5.74) is 3.12. The summed E-state index contributed by atoms with van der Waals surface area (Å²) in [5.74, 6) is 0.0173. The molecule has 7 heteroatoms. The Hall–Kier alpha value is -1.89. The van der Waals surface area contributed by atoms with E-state index >= 15 is 0 Å². The number of nitrogens with zero attached hydrogens (tertiary/aromatic N) is 1. The molecule has 0 unspecified atom stereocenters. The van der Waals surface area contributed by atoms with Gasteiger partial charge in [0, 0.05) is 6.42 Å². The maximum absolute atomic E-state index is 11.6. The molecule has 0 saturated carbocycles. The number of aromatic hydroxyl groups is 1. The second kappa shape index (κ2) is 6.04. The molecule has 0 radical (unpaired) electrons. The summed E-state index contributed by atoms with van der Waals surface area (Å²) in [6.45, 7) is 0. The molecule has 1 aliphatic rings. The van der Waals surface area contributed by atoms with Gasteiger partial charge in [-0.1, -0.05) is 0 Å². The van der Waals surface area contributed by atoms with E-state index in [1.54, 1.807) is 12.1 Å². The summed E-state index contributed by atoms with van der Waals surface area (Å²) in [4.78, 5) is 11.6. The van der Waals surface area contributed by atoms with E-state index in [0.717, 1.165) is 5.56 Å². The van der Waals surface area contributed by atoms with Gasteiger partial charge in [-0.2, -0.15) is 5.10 Å². The Morgan fingerprint density at radius 1 is 1.40 bits per heavy atom. The van der Waals surface area contributed by atoms with Crippen molar-refractivity contribution in [2.24, 2.45) is 11.0 Å². The molecule has 1 saturated heterocycles. The molecule has 1 amide bonds. The molecule has 1 fully saturated rings. The van der Waals surface area contributed by atoms with E-state index in [1.165, 1.54) is 18.3 Å². The van der Waals surface area contributed by atoms with Gasteiger partial charge in [-0.05, 0) is 42.2 Å². The van der Waals surface area contributed by atoms with E-state index in [9.17, 15) is 13.2 Å². The third kappa shape index (κ3) is 4.34. The van der Waals surface area contributed by atoms with Gasteiger partial charge >= 0.3 is 0 Å². The van der Waals surface area contributed by atoms with E-state index < -0.39 is 9.84 Å². The van der Waals surface area contributed by atoms with Crippen molar-refractivity contribution < 1.29 is 18.3 Å². The van der Waals surface area contributed by atoms with E-state index in [-0.39, 0.29) is 35.5 Å². The molecule has 6 nitrogen and oxygen atoms in total. The molecule has 2 rings (SSSR count). The number of rotatable bonds is 4. The van der Waals surface area contributed by atoms with Crippen LogP contribution in [-0.4, -0.2) is 37.2 Å². The molecule has 0 spiro atoms. The molecule has 108 valence electrons. The number of hydrogen-bond acceptors (Lipinski definition) is 5. The number of amides is 1. The van der Waals surface area contributed by atoms with Crippen molar-refractivity contribution in [3.8, 4) is 5.75 Å². The van der Waals surface area contributed by atoms with E-state index in [0.29, 0.717) is 6.42 Å². The quantitative estimate of drug-likeness (QED) is 0.630. The minimum atomic E-state index is -2.95. The van der Waals surface area contributed by atoms with Gasteiger partial charge in [0.25, 0.3) is 0 Å². The summed E-state index contributed by atoms with van der Waals surface area (Å²) in [6, 6.07) is 6.36. The highest BCUT2D eigenvalue weighted by molar-refractivity contribution is 7.91. The van der Waals surface area contributed by atoms with Crippen LogP contribution in [0, 0.1) is 5.92 Å². The van der Waals surface area contributed by atoms with Crippen molar-refractivity contribution in [3.05, 3.63) is 29.8 Å². The van der Waals surface area contributed by atoms with Crippen LogP contribution in [-0.2, 0) is 14.6 Å². The van der Waals surface area contributed by atoms with E-state index in [2.05, 4.69) is 10.5 Å². The molecule has 0 bridgehead atoms. The first-order chi connectivity index (χ1) is 9.44. The normalized spacial score (nSPS) is 21.1. The van der Waals surface area contributed by atoms with Gasteiger partial charge in [0.2, 0.25) is 5.91 Å². The number of sulfone groups is 1. The molecule has 0 aliphatic carbocycles. The van der Waals surface area contributed by atoms with Crippen molar-refractivity contribution in [3.63, 3.8) is 0 Å². The average Bonchev–Trinajstić information content (AvgIpc) is 2.71. The number of benzene rings is 1. The lowest BCUT2D eigenvalue weighted by molar-refractivity contribution is -0.121. The Balaban J connectivity index is 1.79. The predicted octanol–water partition coefficient (Wildman–Crippen LogP) is 0.667. The Morgan fingerprint density at radius 3 is 2.70 bits per heavy atom. The molecular weight excluding hydrogens is 280 g/mol. The predicted molar refractivity (Wildman–Crippen MR) is 75.2 cm³/mol. The summed E-state index contributed by atoms with van der Waals surface area (Å²) in [7, 11) is -2.95. The first-order valence-corrected chi connectivity index (χ1v) is 8.08. The number of hydrazone groups is 1. The molecule has 1 aliphatic heterocycles. The maximum atomic E-state index is 11.6. The molecule has 1 heterocycles. The van der Waals surface area contributed by atoms with Crippen LogP contribution in [0.2, 0.25) is 0 Å². The Kier molecular flexibility index (Phi) is 4.39. The van der Waals surface area contributed by atoms with Crippen LogP contribution in [0.3, 0.4) is 0 Å². The third-order valence-corrected chi connectivity index (χ3v) is 4.93. The minimum absolute atomic E-state index is 0.0854. The molecular formula is C13H16N2O4S. The first-order valence-electron chi connectivity index (χ1n) is 6.26. The highest BCUT2D eigenvalue weighted by atomic mass is 32.2. The fraction of sp³-hybridized carbons (Fsp3) is 0.385. The van der Waals surface area contributed by atoms with Crippen LogP contribution in [0.4, 0.5) is 0 Å². The van der Waals surface area contributed by atoms with Crippen LogP contribution in [0.5, 0.6) is 5.75 Å². The van der Waals surface area contributed by atoms with Crippen LogP contribution in [0.15, 0.2) is 29.4 Å². The number of phenolic OH excluding ortho intramolecular Hbond substituents is 1. The van der Waals surface area contributed by atoms with Crippen molar-refractivity contribution in [1.29, 1.82) is 0 Å². The molecule has 1 aromatic carbocycles. The van der Waals surface area contributed by atoms with Crippen molar-refractivity contribution in [2.75, 3.05) is 11.5 Å². The summed E-state index contributed by atoms with van der Waals surface area (Å²) < 4.78 is 22.5. The number of carbonyl (C=O) groups excluding carboxylic acids is 1. The fourth-order valence-electron chi connectivity index (χ4n) is 2.08. The van der Waals surface area contributed by atoms with E-state index in [1.807, 2.05) is 0 Å². The Morgan fingerprint density at radius 2 is 2.10 bits per heavy atom. The van der Waals surface area contributed by atoms with Crippen LogP contribution >= 0.6 is 0 Å². The van der Waals surface area contributed by atoms with Crippen LogP contribution in [0.25, 0.3) is 0 Å². The average molecular weight is 296 g/mol. The van der Waals surface area contributed by atoms with Gasteiger partial charge in [-0.25, -0.2) is 13.8 Å². The highest BCUT2D eigenvalue weighted by Gasteiger charge is 2.29. The van der Waals surface area contributed by atoms with Crippen molar-refractivity contribution in [1.82, 2.24) is 5.43 Å². The summed E-state index contributed by atoms with van der Waals surface area (Å²) in [5, 5.41) is 12.9. The smallest absolute Gasteiger partial charge is 0.240 e. The van der Waals surface area contributed by atoms with E-state index in [4.69, 9.17) is 5.11 Å². The van der Waals surface area contributed by atoms with Crippen molar-refractivity contribution in [2.45, 2.75) is 12.8 Å². The third-order valence-electron chi connectivity index (χ3n) is 3.10. The first kappa shape index (κ1) is 14.5. The zero-order valence-corrected chi connectivity index (χ0v) is 11.6. The van der Waals surface area contributed by atoms with Crippen molar-refractivity contribution >= 4 is 22.0 Å². The maximum Gasteiger partial charge on any atom is 0.240 e. The lowest BCUT2D eigenvalue weighted by Crippen LogP contribution is -2.21. The molecule has 20 heavy (non-hydrogen) atoms. The van der Waals surface area contributed by atoms with Crippen LogP contribution < -0.4 is 5.43 Å². The van der Waals surface area contributed by atoms with Gasteiger partial charge in [-0.3, -0.25) is 4.79 Å². The number of phenols is 1. The Labute approximate surface area is 117 Å². The van der Waals surface area contributed by atoms with Gasteiger partial charge in [0.05, 0.1) is 17.7 Å². The second-order valence-electron chi connectivity index (χ2n) is 4.86. The lowest BCUT2D eigenvalue weighted by Gasteiger charge is -2.05. The zero-order valence-electron chi connectivity index (χ0n) is 10.8. The monoisotopic (exact) mass is 296 g/mol. The zero-order chi connectivity index (χ0) is 14.6. The number of hydrogen-bond donors (Lipinski definition) is 2. The van der Waals surface area contributed by atoms with Gasteiger partial charge < -0.3 is 5.11 Å². The molecule has 1 atom stereocenters. The molecule has 2 N–H and O–H groups in total. The van der Waals surface area contributed by atoms with Gasteiger partial charge in [0.15, 0.2) is 9.84 Å². The second-order valence-corrected chi connectivity index (χ2v) is 7.09. The Bertz CT molecular complexity index is 608. The summed E-state index contributed by atoms with van der Waals surface area (Å²) in [6.07, 6.45) is 2.17. The highest BCUT2D eigenvalue weighted by Crippen LogP contribution is 2.21. The summed E-state index contributed by atoms with van der Waals surface area (Å²) >= 11 is 0. The lowest BCUT2D eigenvalue weighted by atomic mass is 10.1. The fourth-order valence-corrected chi connectivity index (χ4v) is 3.94. The molecule has 1 aromatic rings. The molecule has 0 aromatic heterocycles. The van der Waals surface area contributed by atoms with Crippen LogP contribution in [0.1, 0.15) is 18.4 Å². The topological polar surface area (TPSA) is 95.8 Å².